The van der Waals surface area contributed by atoms with Crippen LogP contribution in [0.15, 0.2) is 18.5 Å². The second-order valence-corrected chi connectivity index (χ2v) is 7.86. The fraction of sp³-hybridized carbons (Fsp3) is 0.800. The molecule has 1 aliphatic heterocycles. The highest BCUT2D eigenvalue weighted by Gasteiger charge is 2.31. The van der Waals surface area contributed by atoms with Gasteiger partial charge in [0.25, 0.3) is 0 Å². The molecule has 3 rings (SSSR count). The second kappa shape index (κ2) is 8.68. The summed E-state index contributed by atoms with van der Waals surface area (Å²) in [7, 11) is 0. The zero-order chi connectivity index (χ0) is 16.8. The van der Waals surface area contributed by atoms with Crippen LogP contribution in [-0.4, -0.2) is 33.7 Å². The Kier molecular flexibility index (Phi) is 6.33. The minimum absolute atomic E-state index is 0.311. The van der Waals surface area contributed by atoms with Gasteiger partial charge in [0.2, 0.25) is 5.91 Å². The number of aromatic nitrogens is 2. The molecule has 1 aromatic heterocycles. The van der Waals surface area contributed by atoms with Gasteiger partial charge in [-0.3, -0.25) is 9.48 Å². The summed E-state index contributed by atoms with van der Waals surface area (Å²) in [6.45, 7) is 5.16. The summed E-state index contributed by atoms with van der Waals surface area (Å²) in [6, 6.07) is 1.98. The van der Waals surface area contributed by atoms with Crippen LogP contribution in [0.1, 0.15) is 64.7 Å². The Morgan fingerprint density at radius 1 is 1.08 bits per heavy atom. The highest BCUT2D eigenvalue weighted by molar-refractivity contribution is 5.79. The van der Waals surface area contributed by atoms with Gasteiger partial charge < -0.3 is 4.90 Å². The predicted octanol–water partition coefficient (Wildman–Crippen LogP) is 4.12. The molecule has 0 atom stereocenters. The monoisotopic (exact) mass is 331 g/mol. The Labute approximate surface area is 146 Å². The number of carbonyl (C=O) groups excluding carboxylic acids is 1. The van der Waals surface area contributed by atoms with Crippen LogP contribution in [0.3, 0.4) is 0 Å². The van der Waals surface area contributed by atoms with Crippen molar-refractivity contribution in [2.75, 3.05) is 13.1 Å². The molecular weight excluding hydrogens is 298 g/mol. The Morgan fingerprint density at radius 3 is 2.46 bits per heavy atom. The van der Waals surface area contributed by atoms with Gasteiger partial charge in [-0.2, -0.15) is 5.10 Å². The third kappa shape index (κ3) is 4.61. The van der Waals surface area contributed by atoms with Crippen molar-refractivity contribution in [1.29, 1.82) is 0 Å². The number of likely N-dealkylation sites (tertiary alicyclic amines) is 1. The van der Waals surface area contributed by atoms with E-state index in [0.717, 1.165) is 51.2 Å². The fourth-order valence-corrected chi connectivity index (χ4v) is 4.46. The predicted molar refractivity (Wildman–Crippen MR) is 96.5 cm³/mol. The zero-order valence-electron chi connectivity index (χ0n) is 15.2. The number of amides is 1. The van der Waals surface area contributed by atoms with Gasteiger partial charge in [0, 0.05) is 37.9 Å². The first-order chi connectivity index (χ1) is 11.8. The molecule has 1 saturated carbocycles. The molecule has 134 valence electrons. The van der Waals surface area contributed by atoms with E-state index in [-0.39, 0.29) is 0 Å². The minimum Gasteiger partial charge on any atom is -0.342 e. The number of nitrogens with zero attached hydrogens (tertiary/aromatic N) is 3. The molecule has 1 amide bonds. The molecule has 24 heavy (non-hydrogen) atoms. The van der Waals surface area contributed by atoms with E-state index in [0.29, 0.717) is 17.7 Å². The maximum atomic E-state index is 12.8. The van der Waals surface area contributed by atoms with Crippen LogP contribution in [0, 0.1) is 17.8 Å². The average molecular weight is 332 g/mol. The third-order valence-corrected chi connectivity index (χ3v) is 6.09. The molecule has 2 fully saturated rings. The van der Waals surface area contributed by atoms with Gasteiger partial charge in [0.15, 0.2) is 0 Å². The van der Waals surface area contributed by atoms with Crippen molar-refractivity contribution in [3.05, 3.63) is 18.5 Å². The lowest BCUT2D eigenvalue weighted by atomic mass is 9.79. The van der Waals surface area contributed by atoms with Crippen LogP contribution >= 0.6 is 0 Å². The van der Waals surface area contributed by atoms with E-state index in [2.05, 4.69) is 16.9 Å². The van der Waals surface area contributed by atoms with Crippen LogP contribution in [0.2, 0.25) is 0 Å². The lowest BCUT2D eigenvalue weighted by molar-refractivity contribution is -0.138. The standard InChI is InChI=1S/C20H33N3O/c1-2-3-5-17-6-8-19(9-7-17)20(24)22-14-10-18(11-15-22)16-23-13-4-12-21-23/h4,12-13,17-19H,2-3,5-11,14-16H2,1H3. The van der Waals surface area contributed by atoms with Crippen LogP contribution in [-0.2, 0) is 11.3 Å². The lowest BCUT2D eigenvalue weighted by Crippen LogP contribution is -2.43. The van der Waals surface area contributed by atoms with E-state index in [4.69, 9.17) is 0 Å². The Balaban J connectivity index is 1.39. The van der Waals surface area contributed by atoms with Crippen molar-refractivity contribution in [1.82, 2.24) is 14.7 Å². The maximum absolute atomic E-state index is 12.8. The fourth-order valence-electron chi connectivity index (χ4n) is 4.46. The quantitative estimate of drug-likeness (QED) is 0.786. The summed E-state index contributed by atoms with van der Waals surface area (Å²) >= 11 is 0. The average Bonchev–Trinajstić information content (AvgIpc) is 3.13. The lowest BCUT2D eigenvalue weighted by Gasteiger charge is -2.36. The van der Waals surface area contributed by atoms with Crippen LogP contribution in [0.25, 0.3) is 0 Å². The number of hydrogen-bond acceptors (Lipinski definition) is 2. The third-order valence-electron chi connectivity index (χ3n) is 6.09. The molecule has 2 heterocycles. The molecule has 1 saturated heterocycles. The normalized spacial score (nSPS) is 25.8. The van der Waals surface area contributed by atoms with E-state index in [1.165, 1.54) is 32.1 Å². The van der Waals surface area contributed by atoms with E-state index < -0.39 is 0 Å². The first-order valence-electron chi connectivity index (χ1n) is 10.0. The van der Waals surface area contributed by atoms with Gasteiger partial charge in [-0.15, -0.1) is 0 Å². The Morgan fingerprint density at radius 2 is 1.83 bits per heavy atom. The zero-order valence-corrected chi connectivity index (χ0v) is 15.2. The van der Waals surface area contributed by atoms with Crippen molar-refractivity contribution >= 4 is 5.91 Å². The minimum atomic E-state index is 0.311. The van der Waals surface area contributed by atoms with Gasteiger partial charge in [-0.25, -0.2) is 0 Å². The highest BCUT2D eigenvalue weighted by atomic mass is 16.2. The molecule has 0 spiro atoms. The molecule has 0 bridgehead atoms. The molecule has 1 aromatic rings. The molecule has 4 heteroatoms. The van der Waals surface area contributed by atoms with Crippen molar-refractivity contribution in [3.8, 4) is 0 Å². The summed E-state index contributed by atoms with van der Waals surface area (Å²) in [5, 5.41) is 4.30. The van der Waals surface area contributed by atoms with E-state index in [9.17, 15) is 4.79 Å². The molecule has 0 radical (unpaired) electrons. The molecule has 0 N–H and O–H groups in total. The largest absolute Gasteiger partial charge is 0.342 e. The molecule has 1 aliphatic carbocycles. The van der Waals surface area contributed by atoms with Gasteiger partial charge in [-0.05, 0) is 56.4 Å². The van der Waals surface area contributed by atoms with Crippen LogP contribution in [0.5, 0.6) is 0 Å². The topological polar surface area (TPSA) is 38.1 Å². The molecule has 0 aromatic carbocycles. The van der Waals surface area contributed by atoms with E-state index >= 15 is 0 Å². The van der Waals surface area contributed by atoms with E-state index in [1.807, 2.05) is 23.1 Å². The molecule has 2 aliphatic rings. The molecule has 4 nitrogen and oxygen atoms in total. The summed E-state index contributed by atoms with van der Waals surface area (Å²) in [5.74, 6) is 2.31. The van der Waals surface area contributed by atoms with Gasteiger partial charge in [-0.1, -0.05) is 26.2 Å². The first-order valence-corrected chi connectivity index (χ1v) is 10.0. The summed E-state index contributed by atoms with van der Waals surface area (Å²) < 4.78 is 2.03. The number of unbranched alkanes of at least 4 members (excludes halogenated alkanes) is 1. The molecule has 0 unspecified atom stereocenters. The van der Waals surface area contributed by atoms with Crippen molar-refractivity contribution in [3.63, 3.8) is 0 Å². The second-order valence-electron chi connectivity index (χ2n) is 7.86. The molecular formula is C20H33N3O. The van der Waals surface area contributed by atoms with Crippen LogP contribution < -0.4 is 0 Å². The highest BCUT2D eigenvalue weighted by Crippen LogP contribution is 2.33. The first kappa shape index (κ1) is 17.5. The number of rotatable bonds is 6. The number of carbonyl (C=O) groups is 1. The number of piperidine rings is 1. The SMILES string of the molecule is CCCCC1CCC(C(=O)N2CCC(Cn3cccn3)CC2)CC1. The van der Waals surface area contributed by atoms with Gasteiger partial charge >= 0.3 is 0 Å². The Bertz CT molecular complexity index is 483. The summed E-state index contributed by atoms with van der Waals surface area (Å²) in [4.78, 5) is 15.0. The van der Waals surface area contributed by atoms with E-state index in [1.54, 1.807) is 0 Å². The van der Waals surface area contributed by atoms with Crippen molar-refractivity contribution < 1.29 is 4.79 Å². The van der Waals surface area contributed by atoms with Gasteiger partial charge in [0.05, 0.1) is 0 Å². The van der Waals surface area contributed by atoms with Crippen molar-refractivity contribution in [2.45, 2.75) is 71.3 Å². The smallest absolute Gasteiger partial charge is 0.225 e. The van der Waals surface area contributed by atoms with Crippen LogP contribution in [0.4, 0.5) is 0 Å². The Hall–Kier alpha value is -1.32. The van der Waals surface area contributed by atoms with Crippen molar-refractivity contribution in [2.24, 2.45) is 17.8 Å². The summed E-state index contributed by atoms with van der Waals surface area (Å²) in [6.07, 6.45) is 14.9. The number of hydrogen-bond donors (Lipinski definition) is 0. The summed E-state index contributed by atoms with van der Waals surface area (Å²) in [5.41, 5.74) is 0. The van der Waals surface area contributed by atoms with Gasteiger partial charge in [0.1, 0.15) is 0 Å². The maximum Gasteiger partial charge on any atom is 0.225 e.